The van der Waals surface area contributed by atoms with E-state index in [-0.39, 0.29) is 37.5 Å². The maximum absolute atomic E-state index is 12.9. The van der Waals surface area contributed by atoms with Crippen LogP contribution in [-0.4, -0.2) is 37.2 Å². The van der Waals surface area contributed by atoms with Crippen molar-refractivity contribution in [3.05, 3.63) is 97.2 Å². The largest absolute Gasteiger partial charge is 0.462 e. The number of rotatable bonds is 64. The maximum atomic E-state index is 12.9. The number of unbranched alkanes of at least 4 members (excludes halogenated alkanes) is 37. The van der Waals surface area contributed by atoms with E-state index in [9.17, 15) is 14.4 Å². The molecule has 0 aliphatic carbocycles. The second kappa shape index (κ2) is 69.8. The summed E-state index contributed by atoms with van der Waals surface area (Å²) in [4.78, 5) is 38.3. The Morgan fingerprint density at radius 3 is 0.817 bits per heavy atom. The minimum absolute atomic E-state index is 0.1000. The van der Waals surface area contributed by atoms with Crippen LogP contribution in [0.2, 0.25) is 0 Å². The zero-order valence-corrected chi connectivity index (χ0v) is 54.2. The molecule has 0 rings (SSSR count). The standard InChI is InChI=1S/C76H132O6/c1-4-7-10-13-16-19-22-25-27-29-30-31-32-33-34-35-36-37-38-39-40-41-42-43-44-45-46-48-49-51-54-57-60-63-66-69-75(78)81-72-73(71-80-74(77)68-65-62-59-56-53-24-21-18-15-12-9-6-3)82-76(79)70-67-64-61-58-55-52-50-47-28-26-23-20-17-14-11-8-5-2/h8,11,17-18,20-22,25-26,28-30,50,52,58,61,73H,4-7,9-10,12-16,19,23-24,27,31-49,51,53-57,59-60,62-72H2,1-3H3/b11-8-,20-17-,21-18-,25-22-,28-26-,30-29-,52-50-,61-58-. The van der Waals surface area contributed by atoms with Gasteiger partial charge in [0.2, 0.25) is 0 Å². The number of esters is 3. The van der Waals surface area contributed by atoms with Crippen LogP contribution >= 0.6 is 0 Å². The topological polar surface area (TPSA) is 78.9 Å². The van der Waals surface area contributed by atoms with Crippen molar-refractivity contribution in [3.8, 4) is 0 Å². The Morgan fingerprint density at radius 2 is 0.488 bits per heavy atom. The van der Waals surface area contributed by atoms with Crippen LogP contribution in [0.1, 0.15) is 348 Å². The van der Waals surface area contributed by atoms with E-state index >= 15 is 0 Å². The van der Waals surface area contributed by atoms with Crippen molar-refractivity contribution in [2.24, 2.45) is 0 Å². The third-order valence-corrected chi connectivity index (χ3v) is 15.3. The highest BCUT2D eigenvalue weighted by Gasteiger charge is 2.19. The van der Waals surface area contributed by atoms with Gasteiger partial charge in [-0.25, -0.2) is 0 Å². The summed E-state index contributed by atoms with van der Waals surface area (Å²) in [5.74, 6) is -0.956. The molecule has 1 unspecified atom stereocenters. The minimum atomic E-state index is -0.810. The molecule has 0 spiro atoms. The number of carbonyl (C=O) groups is 3. The molecule has 0 aliphatic heterocycles. The number of allylic oxidation sites excluding steroid dienone is 16. The van der Waals surface area contributed by atoms with E-state index in [4.69, 9.17) is 14.2 Å². The van der Waals surface area contributed by atoms with Gasteiger partial charge in [0.15, 0.2) is 6.10 Å². The highest BCUT2D eigenvalue weighted by molar-refractivity contribution is 5.71. The lowest BCUT2D eigenvalue weighted by molar-refractivity contribution is -0.167. The van der Waals surface area contributed by atoms with Gasteiger partial charge in [0.1, 0.15) is 13.2 Å². The third kappa shape index (κ3) is 67.1. The predicted octanol–water partition coefficient (Wildman–Crippen LogP) is 24.4. The Kier molecular flexibility index (Phi) is 66.7. The van der Waals surface area contributed by atoms with Gasteiger partial charge < -0.3 is 14.2 Å². The predicted molar refractivity (Wildman–Crippen MR) is 357 cm³/mol. The fraction of sp³-hybridized carbons (Fsp3) is 0.750. The van der Waals surface area contributed by atoms with Crippen molar-refractivity contribution >= 4 is 17.9 Å². The third-order valence-electron chi connectivity index (χ3n) is 15.3. The van der Waals surface area contributed by atoms with Gasteiger partial charge >= 0.3 is 17.9 Å². The molecule has 0 heterocycles. The molecule has 0 radical (unpaired) electrons. The van der Waals surface area contributed by atoms with Crippen LogP contribution < -0.4 is 0 Å². The first kappa shape index (κ1) is 78.3. The molecule has 0 amide bonds. The molecular formula is C76H132O6. The lowest BCUT2D eigenvalue weighted by atomic mass is 10.0. The van der Waals surface area contributed by atoms with Crippen LogP contribution in [-0.2, 0) is 28.6 Å². The highest BCUT2D eigenvalue weighted by Crippen LogP contribution is 2.17. The zero-order valence-electron chi connectivity index (χ0n) is 54.2. The van der Waals surface area contributed by atoms with Crippen molar-refractivity contribution in [1.82, 2.24) is 0 Å². The average Bonchev–Trinajstić information content (AvgIpc) is 3.47. The highest BCUT2D eigenvalue weighted by atomic mass is 16.6. The molecule has 0 saturated carbocycles. The molecule has 0 aromatic rings. The zero-order chi connectivity index (χ0) is 59.2. The van der Waals surface area contributed by atoms with Crippen molar-refractivity contribution in [2.45, 2.75) is 354 Å². The molecule has 6 nitrogen and oxygen atoms in total. The van der Waals surface area contributed by atoms with Gasteiger partial charge in [-0.05, 0) is 116 Å². The molecule has 472 valence electrons. The second-order valence-electron chi connectivity index (χ2n) is 23.4. The Balaban J connectivity index is 4.13. The monoisotopic (exact) mass is 1140 g/mol. The van der Waals surface area contributed by atoms with Crippen LogP contribution in [0.25, 0.3) is 0 Å². The smallest absolute Gasteiger partial charge is 0.306 e. The Bertz CT molecular complexity index is 1590. The quantitative estimate of drug-likeness (QED) is 0.0261. The van der Waals surface area contributed by atoms with Gasteiger partial charge in [0, 0.05) is 19.3 Å². The number of ether oxygens (including phenoxy) is 3. The van der Waals surface area contributed by atoms with Gasteiger partial charge in [0.25, 0.3) is 0 Å². The molecule has 0 bridgehead atoms. The maximum Gasteiger partial charge on any atom is 0.306 e. The molecule has 0 N–H and O–H groups in total. The van der Waals surface area contributed by atoms with Crippen LogP contribution in [0.3, 0.4) is 0 Å². The average molecular weight is 1140 g/mol. The van der Waals surface area contributed by atoms with Crippen molar-refractivity contribution < 1.29 is 28.6 Å². The first-order valence-electron chi connectivity index (χ1n) is 35.2. The lowest BCUT2D eigenvalue weighted by Crippen LogP contribution is -2.30. The molecule has 82 heavy (non-hydrogen) atoms. The summed E-state index contributed by atoms with van der Waals surface area (Å²) in [6.45, 7) is 6.47. The van der Waals surface area contributed by atoms with Crippen LogP contribution in [0, 0.1) is 0 Å². The van der Waals surface area contributed by atoms with E-state index in [2.05, 4.69) is 118 Å². The normalized spacial score (nSPS) is 12.7. The summed E-state index contributed by atoms with van der Waals surface area (Å²) in [6, 6.07) is 0. The molecule has 0 aromatic carbocycles. The van der Waals surface area contributed by atoms with E-state index in [1.165, 1.54) is 205 Å². The van der Waals surface area contributed by atoms with Crippen molar-refractivity contribution in [1.29, 1.82) is 0 Å². The Labute approximate surface area is 508 Å². The van der Waals surface area contributed by atoms with Crippen LogP contribution in [0.15, 0.2) is 97.2 Å². The summed E-state index contributed by atoms with van der Waals surface area (Å²) in [7, 11) is 0. The number of hydrogen-bond acceptors (Lipinski definition) is 6. The van der Waals surface area contributed by atoms with Gasteiger partial charge in [-0.1, -0.05) is 311 Å². The summed E-state index contributed by atoms with van der Waals surface area (Å²) < 4.78 is 16.9. The van der Waals surface area contributed by atoms with E-state index in [1.807, 2.05) is 0 Å². The first-order valence-corrected chi connectivity index (χ1v) is 35.2. The Hall–Kier alpha value is -3.67. The van der Waals surface area contributed by atoms with Gasteiger partial charge in [-0.2, -0.15) is 0 Å². The van der Waals surface area contributed by atoms with Crippen LogP contribution in [0.4, 0.5) is 0 Å². The first-order chi connectivity index (χ1) is 40.5. The van der Waals surface area contributed by atoms with E-state index in [0.29, 0.717) is 19.3 Å². The van der Waals surface area contributed by atoms with Crippen LogP contribution in [0.5, 0.6) is 0 Å². The van der Waals surface area contributed by atoms with Gasteiger partial charge in [0.05, 0.1) is 0 Å². The molecule has 0 aromatic heterocycles. The van der Waals surface area contributed by atoms with Gasteiger partial charge in [-0.15, -0.1) is 0 Å². The fourth-order valence-electron chi connectivity index (χ4n) is 10.0. The van der Waals surface area contributed by atoms with Crippen molar-refractivity contribution in [3.63, 3.8) is 0 Å². The molecule has 6 heteroatoms. The number of hydrogen-bond donors (Lipinski definition) is 0. The van der Waals surface area contributed by atoms with Crippen molar-refractivity contribution in [2.75, 3.05) is 13.2 Å². The lowest BCUT2D eigenvalue weighted by Gasteiger charge is -2.18. The molecular weight excluding hydrogens is 1010 g/mol. The molecule has 1 atom stereocenters. The Morgan fingerprint density at radius 1 is 0.256 bits per heavy atom. The van der Waals surface area contributed by atoms with E-state index < -0.39 is 6.10 Å². The van der Waals surface area contributed by atoms with E-state index in [0.717, 1.165) is 96.3 Å². The van der Waals surface area contributed by atoms with Gasteiger partial charge in [-0.3, -0.25) is 14.4 Å². The molecule has 0 fully saturated rings. The SMILES string of the molecule is CC/C=C\C/C=C\C/C=C\C/C=C\C/C=C\CCCC(=O)OC(COC(=O)CCCCCCC/C=C\CCCCC)COC(=O)CCCCCCCCCCCCCCCCCCCCCCCCC/C=C\C/C=C\CCCCCCC. The summed E-state index contributed by atoms with van der Waals surface area (Å²) in [5.41, 5.74) is 0. The molecule has 0 aliphatic rings. The fourth-order valence-corrected chi connectivity index (χ4v) is 10.0. The van der Waals surface area contributed by atoms with E-state index in [1.54, 1.807) is 0 Å². The molecule has 0 saturated heterocycles. The number of carbonyl (C=O) groups excluding carboxylic acids is 3. The summed E-state index contributed by atoms with van der Waals surface area (Å²) in [5, 5.41) is 0. The summed E-state index contributed by atoms with van der Waals surface area (Å²) >= 11 is 0. The minimum Gasteiger partial charge on any atom is -0.462 e. The summed E-state index contributed by atoms with van der Waals surface area (Å²) in [6.07, 6.45) is 94.7. The second-order valence-corrected chi connectivity index (χ2v) is 23.4.